The van der Waals surface area contributed by atoms with Gasteiger partial charge in [0.05, 0.1) is 6.54 Å². The monoisotopic (exact) mass is 459 g/mol. The van der Waals surface area contributed by atoms with Crippen molar-refractivity contribution in [3.05, 3.63) is 53.1 Å². The smallest absolute Gasteiger partial charge is 0.322 e. The van der Waals surface area contributed by atoms with Crippen molar-refractivity contribution in [2.45, 2.75) is 50.5 Å². The average Bonchev–Trinajstić information content (AvgIpc) is 3.39. The number of imide groups is 1. The molecular formula is C24H25N7O3. The van der Waals surface area contributed by atoms with Gasteiger partial charge < -0.3 is 10.2 Å². The van der Waals surface area contributed by atoms with Gasteiger partial charge in [-0.15, -0.1) is 0 Å². The van der Waals surface area contributed by atoms with Crippen LogP contribution in [0.25, 0.3) is 5.65 Å². The van der Waals surface area contributed by atoms with Crippen molar-refractivity contribution in [1.82, 2.24) is 30.2 Å². The Morgan fingerprint density at radius 3 is 2.82 bits per heavy atom. The van der Waals surface area contributed by atoms with Crippen LogP contribution in [0, 0.1) is 0 Å². The predicted molar refractivity (Wildman–Crippen MR) is 123 cm³/mol. The summed E-state index contributed by atoms with van der Waals surface area (Å²) in [6.07, 6.45) is 5.73. The van der Waals surface area contributed by atoms with Crippen LogP contribution in [0.15, 0.2) is 30.6 Å². The van der Waals surface area contributed by atoms with Crippen LogP contribution < -0.4 is 15.5 Å². The van der Waals surface area contributed by atoms with Crippen molar-refractivity contribution in [1.29, 1.82) is 0 Å². The van der Waals surface area contributed by atoms with Crippen LogP contribution in [0.2, 0.25) is 0 Å². The van der Waals surface area contributed by atoms with Gasteiger partial charge in [-0.3, -0.25) is 14.9 Å². The van der Waals surface area contributed by atoms with Gasteiger partial charge in [0, 0.05) is 37.2 Å². The van der Waals surface area contributed by atoms with Gasteiger partial charge in [0.15, 0.2) is 17.3 Å². The van der Waals surface area contributed by atoms with E-state index < -0.39 is 17.0 Å². The number of anilines is 1. The number of hydrogen-bond acceptors (Lipinski definition) is 7. The summed E-state index contributed by atoms with van der Waals surface area (Å²) in [5.74, 6) is 1.23. The first kappa shape index (κ1) is 20.8. The summed E-state index contributed by atoms with van der Waals surface area (Å²) in [5.41, 5.74) is 2.46. The Kier molecular flexibility index (Phi) is 4.33. The molecule has 2 fully saturated rings. The zero-order valence-corrected chi connectivity index (χ0v) is 19.1. The second kappa shape index (κ2) is 7.09. The number of benzene rings is 1. The number of aromatic nitrogens is 4. The number of nitrogens with one attached hydrogen (secondary N) is 2. The summed E-state index contributed by atoms with van der Waals surface area (Å²) in [4.78, 5) is 47.9. The summed E-state index contributed by atoms with van der Waals surface area (Å²) >= 11 is 0. The van der Waals surface area contributed by atoms with E-state index in [1.165, 1.54) is 0 Å². The van der Waals surface area contributed by atoms with Crippen LogP contribution in [0.3, 0.4) is 0 Å². The number of carbonyl (C=O) groups is 3. The number of fused-ring (bicyclic) bond motifs is 2. The van der Waals surface area contributed by atoms with Crippen molar-refractivity contribution < 1.29 is 14.4 Å². The van der Waals surface area contributed by atoms with Gasteiger partial charge in [-0.1, -0.05) is 18.2 Å². The lowest BCUT2D eigenvalue weighted by Gasteiger charge is -2.38. The fourth-order valence-electron chi connectivity index (χ4n) is 5.44. The lowest BCUT2D eigenvalue weighted by molar-refractivity contribution is -0.124. The van der Waals surface area contributed by atoms with Gasteiger partial charge in [0.1, 0.15) is 11.3 Å². The molecule has 2 N–H and O–H groups in total. The molecule has 1 spiro atoms. The maximum absolute atomic E-state index is 12.5. The van der Waals surface area contributed by atoms with E-state index in [0.29, 0.717) is 49.6 Å². The molecule has 3 amide bonds. The molecule has 6 rings (SSSR count). The minimum absolute atomic E-state index is 0.243. The Morgan fingerprint density at radius 2 is 2.03 bits per heavy atom. The number of Topliss-reactive ketones (excluding diaryl/α,β-unsaturated/α-hetero) is 1. The van der Waals surface area contributed by atoms with Crippen molar-refractivity contribution in [3.8, 4) is 0 Å². The molecule has 2 aromatic heterocycles. The minimum atomic E-state index is -0.942. The van der Waals surface area contributed by atoms with Gasteiger partial charge in [-0.2, -0.15) is 5.10 Å². The molecule has 1 aliphatic carbocycles. The highest BCUT2D eigenvalue weighted by molar-refractivity contribution is 6.07. The molecule has 0 radical (unpaired) electrons. The number of piperidine rings is 1. The van der Waals surface area contributed by atoms with E-state index in [0.717, 1.165) is 23.1 Å². The number of carbonyl (C=O) groups excluding carboxylic acids is 3. The molecule has 1 unspecified atom stereocenters. The molecule has 2 aliphatic heterocycles. The van der Waals surface area contributed by atoms with Gasteiger partial charge in [0.2, 0.25) is 0 Å². The number of rotatable bonds is 3. The second-order valence-corrected chi connectivity index (χ2v) is 9.96. The first-order valence-corrected chi connectivity index (χ1v) is 11.5. The molecule has 4 heterocycles. The zero-order valence-electron chi connectivity index (χ0n) is 19.1. The Balaban J connectivity index is 1.29. The molecule has 2 saturated heterocycles. The highest BCUT2D eigenvalue weighted by Gasteiger charge is 2.49. The second-order valence-electron chi connectivity index (χ2n) is 9.96. The fraction of sp³-hybridized carbons (Fsp3) is 0.417. The van der Waals surface area contributed by atoms with E-state index >= 15 is 0 Å². The summed E-state index contributed by atoms with van der Waals surface area (Å²) in [6.45, 7) is 4.98. The number of nitrogens with zero attached hydrogens (tertiary/aromatic N) is 5. The van der Waals surface area contributed by atoms with Crippen molar-refractivity contribution >= 4 is 29.2 Å². The van der Waals surface area contributed by atoms with Gasteiger partial charge in [-0.25, -0.2) is 19.3 Å². The summed E-state index contributed by atoms with van der Waals surface area (Å²) in [5, 5.41) is 9.79. The van der Waals surface area contributed by atoms with Crippen LogP contribution >= 0.6 is 0 Å². The Labute approximate surface area is 195 Å². The number of urea groups is 1. The lowest BCUT2D eigenvalue weighted by atomic mass is 9.85. The molecule has 34 heavy (non-hydrogen) atoms. The maximum Gasteiger partial charge on any atom is 0.322 e. The topological polar surface area (TPSA) is 122 Å². The molecule has 3 aliphatic rings. The molecule has 10 heteroatoms. The van der Waals surface area contributed by atoms with Crippen LogP contribution in [-0.2, 0) is 27.8 Å². The van der Waals surface area contributed by atoms with Crippen molar-refractivity contribution in [2.24, 2.45) is 0 Å². The largest absolute Gasteiger partial charge is 0.351 e. The molecule has 174 valence electrons. The lowest BCUT2D eigenvalue weighted by Crippen LogP contribution is -2.58. The number of ketones is 1. The highest BCUT2D eigenvalue weighted by atomic mass is 16.2. The molecule has 1 aromatic carbocycles. The minimum Gasteiger partial charge on any atom is -0.351 e. The third kappa shape index (κ3) is 3.08. The Bertz CT molecular complexity index is 1380. The summed E-state index contributed by atoms with van der Waals surface area (Å²) in [7, 11) is 0. The van der Waals surface area contributed by atoms with E-state index in [1.807, 2.05) is 30.9 Å². The van der Waals surface area contributed by atoms with Gasteiger partial charge in [-0.05, 0) is 43.4 Å². The Morgan fingerprint density at radius 1 is 1.18 bits per heavy atom. The highest BCUT2D eigenvalue weighted by Crippen LogP contribution is 2.36. The molecule has 10 nitrogen and oxygen atoms in total. The Hall–Kier alpha value is -3.82. The average molecular weight is 460 g/mol. The SMILES string of the molecule is CC1(C)C(=O)Cc2cc(Cc3nc4c(N5CCCC6(C5)NC(=O)NC6=O)nccn4n3)ccc21. The van der Waals surface area contributed by atoms with E-state index in [2.05, 4.69) is 26.8 Å². The van der Waals surface area contributed by atoms with Gasteiger partial charge in [0.25, 0.3) is 5.91 Å². The third-order valence-corrected chi connectivity index (χ3v) is 7.34. The van der Waals surface area contributed by atoms with E-state index in [1.54, 1.807) is 16.9 Å². The maximum atomic E-state index is 12.5. The summed E-state index contributed by atoms with van der Waals surface area (Å²) in [6, 6.07) is 5.72. The fourth-order valence-corrected chi connectivity index (χ4v) is 5.44. The first-order chi connectivity index (χ1) is 16.2. The zero-order chi connectivity index (χ0) is 23.7. The molecule has 3 aromatic rings. The van der Waals surface area contributed by atoms with Crippen molar-refractivity contribution in [3.63, 3.8) is 0 Å². The molecular weight excluding hydrogens is 434 g/mol. The van der Waals surface area contributed by atoms with E-state index in [9.17, 15) is 14.4 Å². The van der Waals surface area contributed by atoms with Crippen LogP contribution in [-0.4, -0.2) is 55.9 Å². The normalized spacial score (nSPS) is 23.5. The van der Waals surface area contributed by atoms with E-state index in [4.69, 9.17) is 4.98 Å². The molecule has 1 atom stereocenters. The van der Waals surface area contributed by atoms with Gasteiger partial charge >= 0.3 is 6.03 Å². The van der Waals surface area contributed by atoms with Crippen LogP contribution in [0.5, 0.6) is 0 Å². The predicted octanol–water partition coefficient (Wildman–Crippen LogP) is 1.30. The number of hydrogen-bond donors (Lipinski definition) is 2. The third-order valence-electron chi connectivity index (χ3n) is 7.34. The van der Waals surface area contributed by atoms with Crippen LogP contribution in [0.1, 0.15) is 49.2 Å². The quantitative estimate of drug-likeness (QED) is 0.566. The first-order valence-electron chi connectivity index (χ1n) is 11.5. The molecule has 0 saturated carbocycles. The number of amides is 3. The standard InChI is InChI=1S/C24H25N7O3/c1-23(2)16-5-4-14(10-15(16)12-17(23)32)11-18-26-20-19(25-7-9-31(20)29-18)30-8-3-6-24(13-30)21(33)27-22(34)28-24/h4-5,7,9-10H,3,6,8,11-13H2,1-2H3,(H2,27,28,33,34). The molecule has 0 bridgehead atoms. The van der Waals surface area contributed by atoms with Crippen LogP contribution in [0.4, 0.5) is 10.6 Å². The van der Waals surface area contributed by atoms with E-state index in [-0.39, 0.29) is 11.7 Å². The van der Waals surface area contributed by atoms with Crippen molar-refractivity contribution in [2.75, 3.05) is 18.0 Å². The summed E-state index contributed by atoms with van der Waals surface area (Å²) < 4.78 is 1.70.